The lowest BCUT2D eigenvalue weighted by Crippen LogP contribution is -1.78. The Balaban J connectivity index is 1.69. The van der Waals surface area contributed by atoms with Crippen molar-refractivity contribution in [2.75, 3.05) is 0 Å². The van der Waals surface area contributed by atoms with Gasteiger partial charge in [0.25, 0.3) is 0 Å². The quantitative estimate of drug-likeness (QED) is 0.314. The summed E-state index contributed by atoms with van der Waals surface area (Å²) in [6, 6.07) is 21.5. The molecule has 148 valence electrons. The maximum Gasteiger partial charge on any atom is 0.123 e. The van der Waals surface area contributed by atoms with Crippen LogP contribution < -0.4 is 0 Å². The van der Waals surface area contributed by atoms with Crippen molar-refractivity contribution in [3.63, 3.8) is 0 Å². The summed E-state index contributed by atoms with van der Waals surface area (Å²) < 4.78 is 0. The molecule has 3 N–H and O–H groups in total. The fourth-order valence-corrected chi connectivity index (χ4v) is 3.94. The second kappa shape index (κ2) is 6.85. The highest BCUT2D eigenvalue weighted by Gasteiger charge is 2.10. The van der Waals surface area contributed by atoms with E-state index in [4.69, 9.17) is 9.97 Å². The van der Waals surface area contributed by atoms with Crippen LogP contribution in [0.1, 0.15) is 22.8 Å². The third-order valence-electron chi connectivity index (χ3n) is 5.36. The lowest BCUT2D eigenvalue weighted by molar-refractivity contribution is 0.477. The molecule has 0 spiro atoms. The number of fused-ring (bicyclic) bond motifs is 8. The molecule has 0 aliphatic carbocycles. The fourth-order valence-electron chi connectivity index (χ4n) is 3.94. The van der Waals surface area contributed by atoms with Gasteiger partial charge in [-0.2, -0.15) is 0 Å². The first-order valence-electron chi connectivity index (χ1n) is 10.1. The average molecular weight is 402 g/mol. The van der Waals surface area contributed by atoms with Crippen LogP contribution in [0.15, 0.2) is 66.7 Å². The number of phenols is 1. The highest BCUT2D eigenvalue weighted by molar-refractivity contribution is 5.89. The van der Waals surface area contributed by atoms with E-state index in [1.807, 2.05) is 85.0 Å². The lowest BCUT2D eigenvalue weighted by atomic mass is 10.1. The summed E-state index contributed by atoms with van der Waals surface area (Å²) in [7, 11) is 0. The van der Waals surface area contributed by atoms with E-state index in [-0.39, 0.29) is 5.75 Å². The van der Waals surface area contributed by atoms with Crippen LogP contribution in [0.4, 0.5) is 0 Å². The molecule has 0 unspecified atom stereocenters. The van der Waals surface area contributed by atoms with E-state index in [2.05, 4.69) is 9.97 Å². The number of benzene rings is 1. The molecule has 0 radical (unpaired) electrons. The summed E-state index contributed by atoms with van der Waals surface area (Å²) in [6.45, 7) is 0. The van der Waals surface area contributed by atoms with Crippen molar-refractivity contribution in [1.29, 1.82) is 0 Å². The molecule has 8 bridgehead atoms. The summed E-state index contributed by atoms with van der Waals surface area (Å²) in [6.07, 6.45) is 7.98. The molecule has 5 heterocycles. The third kappa shape index (κ3) is 3.32. The van der Waals surface area contributed by atoms with Crippen molar-refractivity contribution in [2.45, 2.75) is 0 Å². The van der Waals surface area contributed by atoms with Crippen molar-refractivity contribution in [3.05, 3.63) is 89.5 Å². The number of nitrogens with zero attached hydrogens (tertiary/aromatic N) is 2. The summed E-state index contributed by atoms with van der Waals surface area (Å²) in [5.41, 5.74) is 8.91. The second-order valence-corrected chi connectivity index (χ2v) is 7.61. The molecule has 0 saturated heterocycles. The molecule has 2 aliphatic rings. The van der Waals surface area contributed by atoms with Gasteiger partial charge >= 0.3 is 0 Å². The molecule has 31 heavy (non-hydrogen) atoms. The molecule has 5 nitrogen and oxygen atoms in total. The van der Waals surface area contributed by atoms with E-state index in [1.165, 1.54) is 0 Å². The van der Waals surface area contributed by atoms with Gasteiger partial charge in [0.1, 0.15) is 5.75 Å². The number of rotatable bonds is 1. The fraction of sp³-hybridized carbons (Fsp3) is 0. The van der Waals surface area contributed by atoms with Gasteiger partial charge in [0.15, 0.2) is 0 Å². The first-order valence-corrected chi connectivity index (χ1v) is 10.1. The summed E-state index contributed by atoms with van der Waals surface area (Å²) in [5.74, 6) is 0.240. The van der Waals surface area contributed by atoms with Crippen LogP contribution in [-0.4, -0.2) is 25.0 Å². The Labute approximate surface area is 178 Å². The number of aromatic amines is 2. The van der Waals surface area contributed by atoms with Crippen molar-refractivity contribution < 1.29 is 5.11 Å². The van der Waals surface area contributed by atoms with Gasteiger partial charge in [-0.15, -0.1) is 0 Å². The van der Waals surface area contributed by atoms with Gasteiger partial charge in [0, 0.05) is 33.2 Å². The predicted molar refractivity (Wildman–Crippen MR) is 126 cm³/mol. The zero-order valence-electron chi connectivity index (χ0n) is 16.5. The molecule has 0 atom stereocenters. The van der Waals surface area contributed by atoms with Crippen molar-refractivity contribution in [2.24, 2.45) is 0 Å². The maximum absolute atomic E-state index is 10.4. The smallest absolute Gasteiger partial charge is 0.123 e. The Kier molecular flexibility index (Phi) is 3.86. The molecular formula is C26H18N4O. The summed E-state index contributed by atoms with van der Waals surface area (Å²) in [4.78, 5) is 16.3. The minimum Gasteiger partial charge on any atom is -0.507 e. The van der Waals surface area contributed by atoms with Crippen LogP contribution in [-0.2, 0) is 0 Å². The molecule has 4 aromatic rings. The highest BCUT2D eigenvalue weighted by Crippen LogP contribution is 2.33. The van der Waals surface area contributed by atoms with E-state index in [0.29, 0.717) is 0 Å². The van der Waals surface area contributed by atoms with Crippen LogP contribution in [0.3, 0.4) is 0 Å². The minimum atomic E-state index is 0.240. The largest absolute Gasteiger partial charge is 0.507 e. The van der Waals surface area contributed by atoms with Gasteiger partial charge in [-0.1, -0.05) is 18.2 Å². The van der Waals surface area contributed by atoms with Crippen LogP contribution in [0.2, 0.25) is 0 Å². The number of H-pyrrole nitrogens is 2. The van der Waals surface area contributed by atoms with E-state index < -0.39 is 0 Å². The van der Waals surface area contributed by atoms with Gasteiger partial charge in [0.05, 0.1) is 22.8 Å². The number of aromatic nitrogens is 4. The van der Waals surface area contributed by atoms with Crippen molar-refractivity contribution >= 4 is 46.4 Å². The minimum absolute atomic E-state index is 0.240. The predicted octanol–water partition coefficient (Wildman–Crippen LogP) is 6.03. The number of hydrogen-bond acceptors (Lipinski definition) is 3. The first kappa shape index (κ1) is 17.5. The molecule has 5 heteroatoms. The van der Waals surface area contributed by atoms with Gasteiger partial charge in [-0.25, -0.2) is 9.97 Å². The Hall–Kier alpha value is -4.38. The monoisotopic (exact) mass is 402 g/mol. The number of aromatic hydroxyl groups is 1. The van der Waals surface area contributed by atoms with Crippen LogP contribution >= 0.6 is 0 Å². The van der Waals surface area contributed by atoms with Crippen LogP contribution in [0.25, 0.3) is 57.5 Å². The lowest BCUT2D eigenvalue weighted by Gasteiger charge is -2.01. The molecule has 0 fully saturated rings. The summed E-state index contributed by atoms with van der Waals surface area (Å²) in [5, 5.41) is 10.4. The molecule has 0 saturated carbocycles. The van der Waals surface area contributed by atoms with E-state index in [1.54, 1.807) is 6.07 Å². The van der Waals surface area contributed by atoms with Gasteiger partial charge < -0.3 is 15.1 Å². The normalized spacial score (nSPS) is 12.4. The average Bonchev–Trinajstić information content (AvgIpc) is 3.53. The van der Waals surface area contributed by atoms with Gasteiger partial charge in [-0.3, -0.25) is 0 Å². The summed E-state index contributed by atoms with van der Waals surface area (Å²) >= 11 is 0. The first-order chi connectivity index (χ1) is 15.2. The van der Waals surface area contributed by atoms with Crippen LogP contribution in [0, 0.1) is 0 Å². The topological polar surface area (TPSA) is 77.6 Å². The Morgan fingerprint density at radius 3 is 1.77 bits per heavy atom. The van der Waals surface area contributed by atoms with Gasteiger partial charge in [0.2, 0.25) is 0 Å². The molecule has 6 rings (SSSR count). The van der Waals surface area contributed by atoms with Crippen molar-refractivity contribution in [3.8, 4) is 16.9 Å². The van der Waals surface area contributed by atoms with Gasteiger partial charge in [-0.05, 0) is 72.8 Å². The van der Waals surface area contributed by atoms with E-state index >= 15 is 0 Å². The Morgan fingerprint density at radius 2 is 1.13 bits per heavy atom. The zero-order valence-corrected chi connectivity index (χ0v) is 16.5. The SMILES string of the molecule is Oc1ccccc1-c1cc2cc3nc(cc4ccc(cc5nc(cc1[nH]2)C=C5)[nH]4)C=C3. The molecule has 2 aliphatic heterocycles. The van der Waals surface area contributed by atoms with E-state index in [0.717, 1.165) is 56.0 Å². The zero-order chi connectivity index (χ0) is 20.8. The highest BCUT2D eigenvalue weighted by atomic mass is 16.3. The van der Waals surface area contributed by atoms with Crippen LogP contribution in [0.5, 0.6) is 5.75 Å². The number of para-hydroxylation sites is 1. The number of hydrogen-bond donors (Lipinski definition) is 3. The van der Waals surface area contributed by atoms with Crippen molar-refractivity contribution in [1.82, 2.24) is 19.9 Å². The number of phenolic OH excluding ortho intramolecular Hbond substituents is 1. The second-order valence-electron chi connectivity index (χ2n) is 7.61. The maximum atomic E-state index is 10.4. The molecular weight excluding hydrogens is 384 g/mol. The number of nitrogens with one attached hydrogen (secondary N) is 2. The molecule has 3 aromatic heterocycles. The Morgan fingerprint density at radius 1 is 0.548 bits per heavy atom. The molecule has 0 amide bonds. The molecule has 1 aromatic carbocycles. The van der Waals surface area contributed by atoms with E-state index in [9.17, 15) is 5.11 Å². The third-order valence-corrected chi connectivity index (χ3v) is 5.36. The Bertz CT molecular complexity index is 1550. The standard InChI is InChI=1S/C26H18N4O/c31-26-4-2-1-3-23(26)24-14-22-13-20-8-7-18(28-20)11-16-5-6-17(27-16)12-19-9-10-21(29-19)15-25(24)30-22/h1-15,27,30-31H.